The van der Waals surface area contributed by atoms with Crippen LogP contribution in [0.2, 0.25) is 0 Å². The summed E-state index contributed by atoms with van der Waals surface area (Å²) in [5, 5.41) is 5.67. The van der Waals surface area contributed by atoms with E-state index in [1.165, 1.54) is 10.4 Å². The number of hydrogen-bond acceptors (Lipinski definition) is 3. The van der Waals surface area contributed by atoms with Crippen LogP contribution in [0.1, 0.15) is 28.0 Å². The molecule has 0 saturated carbocycles. The van der Waals surface area contributed by atoms with Crippen molar-refractivity contribution in [2.45, 2.75) is 19.4 Å². The highest BCUT2D eigenvalue weighted by atomic mass is 32.1. The second kappa shape index (κ2) is 3.51. The molecule has 0 radical (unpaired) electrons. The summed E-state index contributed by atoms with van der Waals surface area (Å²) in [5.74, 6) is 2.02. The zero-order valence-electron chi connectivity index (χ0n) is 8.62. The number of hydrogen-bond donors (Lipinski definition) is 1. The molecule has 0 amide bonds. The monoisotopic (exact) mass is 219 g/mol. The standard InChI is InChI=1S/C12H13NOS/c1-8-2-3-10(14-8)11-12-9(4-6-13-11)5-7-15-12/h2-3,5,7,11,13H,4,6H2,1H3. The minimum Gasteiger partial charge on any atom is -0.464 e. The van der Waals surface area contributed by atoms with Gasteiger partial charge in [0.15, 0.2) is 0 Å². The molecule has 15 heavy (non-hydrogen) atoms. The van der Waals surface area contributed by atoms with Crippen molar-refractivity contribution in [3.8, 4) is 0 Å². The first-order valence-electron chi connectivity index (χ1n) is 5.20. The Morgan fingerprint density at radius 3 is 3.13 bits per heavy atom. The van der Waals surface area contributed by atoms with E-state index in [0.29, 0.717) is 0 Å². The van der Waals surface area contributed by atoms with E-state index < -0.39 is 0 Å². The number of furan rings is 1. The van der Waals surface area contributed by atoms with Crippen LogP contribution in [0.3, 0.4) is 0 Å². The van der Waals surface area contributed by atoms with Crippen LogP contribution >= 0.6 is 11.3 Å². The topological polar surface area (TPSA) is 25.2 Å². The first-order valence-corrected chi connectivity index (χ1v) is 6.08. The van der Waals surface area contributed by atoms with Crippen molar-refractivity contribution in [2.24, 2.45) is 0 Å². The molecule has 2 aromatic heterocycles. The van der Waals surface area contributed by atoms with Crippen LogP contribution in [0, 0.1) is 6.92 Å². The Kier molecular flexibility index (Phi) is 2.15. The van der Waals surface area contributed by atoms with Crippen molar-refractivity contribution < 1.29 is 4.42 Å². The van der Waals surface area contributed by atoms with Gasteiger partial charge in [0.25, 0.3) is 0 Å². The van der Waals surface area contributed by atoms with Crippen molar-refractivity contribution in [3.05, 3.63) is 45.5 Å². The van der Waals surface area contributed by atoms with Gasteiger partial charge in [0.2, 0.25) is 0 Å². The highest BCUT2D eigenvalue weighted by Gasteiger charge is 2.24. The lowest BCUT2D eigenvalue weighted by atomic mass is 10.0. The Morgan fingerprint density at radius 2 is 2.33 bits per heavy atom. The normalized spacial score (nSPS) is 20.2. The summed E-state index contributed by atoms with van der Waals surface area (Å²) in [6, 6.07) is 6.59. The van der Waals surface area contributed by atoms with Crippen molar-refractivity contribution in [2.75, 3.05) is 6.54 Å². The highest BCUT2D eigenvalue weighted by molar-refractivity contribution is 7.10. The maximum absolute atomic E-state index is 5.69. The van der Waals surface area contributed by atoms with Crippen molar-refractivity contribution in [3.63, 3.8) is 0 Å². The largest absolute Gasteiger partial charge is 0.464 e. The summed E-state index contributed by atoms with van der Waals surface area (Å²) >= 11 is 1.82. The summed E-state index contributed by atoms with van der Waals surface area (Å²) in [6.45, 7) is 3.02. The fourth-order valence-electron chi connectivity index (χ4n) is 2.09. The number of aryl methyl sites for hydroxylation is 1. The van der Waals surface area contributed by atoms with Crippen LogP contribution < -0.4 is 5.32 Å². The van der Waals surface area contributed by atoms with Crippen LogP contribution in [0.25, 0.3) is 0 Å². The molecule has 3 rings (SSSR count). The third-order valence-corrected chi connectivity index (χ3v) is 3.86. The van der Waals surface area contributed by atoms with Gasteiger partial charge >= 0.3 is 0 Å². The lowest BCUT2D eigenvalue weighted by Gasteiger charge is -2.22. The molecule has 78 valence electrons. The fourth-order valence-corrected chi connectivity index (χ4v) is 3.13. The third kappa shape index (κ3) is 1.52. The number of thiophene rings is 1. The van der Waals surface area contributed by atoms with Gasteiger partial charge in [-0.25, -0.2) is 0 Å². The molecule has 0 spiro atoms. The average Bonchev–Trinajstić information content (AvgIpc) is 2.84. The van der Waals surface area contributed by atoms with Gasteiger partial charge in [-0.05, 0) is 42.5 Å². The molecular weight excluding hydrogens is 206 g/mol. The van der Waals surface area contributed by atoms with Crippen LogP contribution in [-0.4, -0.2) is 6.54 Å². The van der Waals surface area contributed by atoms with E-state index in [4.69, 9.17) is 4.42 Å². The second-order valence-electron chi connectivity index (χ2n) is 3.90. The molecule has 0 fully saturated rings. The molecule has 0 aliphatic carbocycles. The van der Waals surface area contributed by atoms with E-state index >= 15 is 0 Å². The van der Waals surface area contributed by atoms with Gasteiger partial charge in [0, 0.05) is 11.4 Å². The van der Waals surface area contributed by atoms with E-state index in [1.54, 1.807) is 0 Å². The summed E-state index contributed by atoms with van der Waals surface area (Å²) < 4.78 is 5.69. The number of nitrogens with one attached hydrogen (secondary N) is 1. The lowest BCUT2D eigenvalue weighted by Crippen LogP contribution is -2.28. The molecule has 1 atom stereocenters. The Labute approximate surface area is 92.9 Å². The SMILES string of the molecule is Cc1ccc(C2NCCc3ccsc32)o1. The lowest BCUT2D eigenvalue weighted by molar-refractivity contribution is 0.425. The Bertz CT molecular complexity index is 471. The third-order valence-electron chi connectivity index (χ3n) is 2.83. The predicted octanol–water partition coefficient (Wildman–Crippen LogP) is 2.88. The molecule has 2 nitrogen and oxygen atoms in total. The minimum absolute atomic E-state index is 0.266. The summed E-state index contributed by atoms with van der Waals surface area (Å²) in [4.78, 5) is 1.41. The summed E-state index contributed by atoms with van der Waals surface area (Å²) in [6.07, 6.45) is 1.13. The van der Waals surface area contributed by atoms with Gasteiger partial charge < -0.3 is 9.73 Å². The van der Waals surface area contributed by atoms with Gasteiger partial charge in [-0.2, -0.15) is 0 Å². The van der Waals surface area contributed by atoms with Gasteiger partial charge in [0.05, 0.1) is 0 Å². The zero-order chi connectivity index (χ0) is 10.3. The molecule has 0 bridgehead atoms. The molecule has 0 aromatic carbocycles. The molecular formula is C12H13NOS. The zero-order valence-corrected chi connectivity index (χ0v) is 9.43. The van der Waals surface area contributed by atoms with Gasteiger partial charge in [0.1, 0.15) is 17.6 Å². The van der Waals surface area contributed by atoms with Gasteiger partial charge in [-0.1, -0.05) is 0 Å². The van der Waals surface area contributed by atoms with Crippen molar-refractivity contribution >= 4 is 11.3 Å². The van der Waals surface area contributed by atoms with Gasteiger partial charge in [-0.3, -0.25) is 0 Å². The molecule has 1 aliphatic heterocycles. The first-order chi connectivity index (χ1) is 7.34. The molecule has 1 unspecified atom stereocenters. The second-order valence-corrected chi connectivity index (χ2v) is 4.84. The maximum atomic E-state index is 5.69. The average molecular weight is 219 g/mol. The highest BCUT2D eigenvalue weighted by Crippen LogP contribution is 2.33. The predicted molar refractivity (Wildman–Crippen MR) is 61.3 cm³/mol. The molecule has 1 N–H and O–H groups in total. The van der Waals surface area contributed by atoms with Gasteiger partial charge in [-0.15, -0.1) is 11.3 Å². The van der Waals surface area contributed by atoms with Crippen molar-refractivity contribution in [1.82, 2.24) is 5.32 Å². The Morgan fingerprint density at radius 1 is 1.40 bits per heavy atom. The first kappa shape index (κ1) is 9.19. The smallest absolute Gasteiger partial charge is 0.126 e. The molecule has 3 heteroatoms. The van der Waals surface area contributed by atoms with E-state index in [1.807, 2.05) is 24.3 Å². The maximum Gasteiger partial charge on any atom is 0.126 e. The minimum atomic E-state index is 0.266. The van der Waals surface area contributed by atoms with E-state index in [0.717, 1.165) is 24.5 Å². The Hall–Kier alpha value is -1.06. The van der Waals surface area contributed by atoms with E-state index in [2.05, 4.69) is 22.8 Å². The summed E-state index contributed by atoms with van der Waals surface area (Å²) in [5.41, 5.74) is 1.47. The molecule has 3 heterocycles. The fraction of sp³-hybridized carbons (Fsp3) is 0.333. The van der Waals surface area contributed by atoms with Crippen LogP contribution in [0.15, 0.2) is 28.0 Å². The molecule has 0 saturated heterocycles. The molecule has 2 aromatic rings. The van der Waals surface area contributed by atoms with Crippen LogP contribution in [0.4, 0.5) is 0 Å². The van der Waals surface area contributed by atoms with Crippen molar-refractivity contribution in [1.29, 1.82) is 0 Å². The van der Waals surface area contributed by atoms with Crippen LogP contribution in [0.5, 0.6) is 0 Å². The van der Waals surface area contributed by atoms with E-state index in [-0.39, 0.29) is 6.04 Å². The quantitative estimate of drug-likeness (QED) is 0.797. The van der Waals surface area contributed by atoms with Crippen LogP contribution in [-0.2, 0) is 6.42 Å². The Balaban J connectivity index is 2.02. The number of rotatable bonds is 1. The summed E-state index contributed by atoms with van der Waals surface area (Å²) in [7, 11) is 0. The van der Waals surface area contributed by atoms with E-state index in [9.17, 15) is 0 Å². The number of fused-ring (bicyclic) bond motifs is 1. The molecule has 1 aliphatic rings.